The van der Waals surface area contributed by atoms with E-state index in [1.54, 1.807) is 0 Å². The average Bonchev–Trinajstić information content (AvgIpc) is 3.68. The van der Waals surface area contributed by atoms with Gasteiger partial charge in [-0.3, -0.25) is 0 Å². The van der Waals surface area contributed by atoms with Crippen LogP contribution in [0.25, 0.3) is 70.3 Å². The van der Waals surface area contributed by atoms with Crippen LogP contribution in [0.3, 0.4) is 0 Å². The number of rotatable bonds is 5. The maximum absolute atomic E-state index is 5.36. The summed E-state index contributed by atoms with van der Waals surface area (Å²) in [4.78, 5) is 13.2. The summed E-state index contributed by atoms with van der Waals surface area (Å²) in [5, 5.41) is 3.77. The summed E-state index contributed by atoms with van der Waals surface area (Å²) >= 11 is 1.87. The monoisotopic (exact) mass is 727 g/mol. The second-order valence-electron chi connectivity index (χ2n) is 15.4. The Morgan fingerprint density at radius 2 is 1.40 bits per heavy atom. The molecule has 2 unspecified atom stereocenters. The molecule has 0 saturated heterocycles. The van der Waals surface area contributed by atoms with Crippen molar-refractivity contribution in [3.05, 3.63) is 163 Å². The number of anilines is 2. The number of thiophene rings is 1. The highest BCUT2D eigenvalue weighted by Gasteiger charge is 2.39. The molecule has 0 amide bonds. The van der Waals surface area contributed by atoms with Crippen molar-refractivity contribution in [1.82, 2.24) is 9.97 Å². The Morgan fingerprint density at radius 3 is 2.29 bits per heavy atom. The molecule has 3 nitrogen and oxygen atoms in total. The molecule has 8 aromatic rings. The van der Waals surface area contributed by atoms with Gasteiger partial charge in [0.1, 0.15) is 0 Å². The molecule has 2 atom stereocenters. The fourth-order valence-corrected chi connectivity index (χ4v) is 10.8. The van der Waals surface area contributed by atoms with Gasteiger partial charge in [0, 0.05) is 54.5 Å². The molecule has 6 aromatic carbocycles. The second kappa shape index (κ2) is 13.5. The molecule has 55 heavy (non-hydrogen) atoms. The van der Waals surface area contributed by atoms with Gasteiger partial charge in [-0.05, 0) is 102 Å². The fourth-order valence-electron chi connectivity index (χ4n) is 9.56. The van der Waals surface area contributed by atoms with Crippen LogP contribution >= 0.6 is 11.3 Å². The van der Waals surface area contributed by atoms with Crippen LogP contribution in [0.4, 0.5) is 11.4 Å². The molecule has 0 radical (unpaired) electrons. The molecule has 2 aliphatic carbocycles. The zero-order valence-electron chi connectivity index (χ0n) is 30.8. The first kappa shape index (κ1) is 32.6. The van der Waals surface area contributed by atoms with Crippen molar-refractivity contribution in [2.75, 3.05) is 4.90 Å². The topological polar surface area (TPSA) is 29.0 Å². The van der Waals surface area contributed by atoms with E-state index in [1.165, 1.54) is 97.0 Å². The van der Waals surface area contributed by atoms with E-state index in [0.29, 0.717) is 12.0 Å². The van der Waals surface area contributed by atoms with Crippen LogP contribution in [-0.2, 0) is 0 Å². The van der Waals surface area contributed by atoms with E-state index in [1.807, 2.05) is 11.3 Å². The Morgan fingerprint density at radius 1 is 0.618 bits per heavy atom. The van der Waals surface area contributed by atoms with Crippen molar-refractivity contribution in [2.24, 2.45) is 0 Å². The van der Waals surface area contributed by atoms with Gasteiger partial charge in [0.25, 0.3) is 0 Å². The van der Waals surface area contributed by atoms with E-state index >= 15 is 0 Å². The number of hydrogen-bond acceptors (Lipinski definition) is 4. The van der Waals surface area contributed by atoms with E-state index in [2.05, 4.69) is 157 Å². The average molecular weight is 728 g/mol. The van der Waals surface area contributed by atoms with Crippen molar-refractivity contribution >= 4 is 59.4 Å². The Hall–Kier alpha value is -5.84. The van der Waals surface area contributed by atoms with Crippen molar-refractivity contribution in [2.45, 2.75) is 56.9 Å². The molecule has 0 N–H and O–H groups in total. The summed E-state index contributed by atoms with van der Waals surface area (Å²) in [5.74, 6) is 1.33. The van der Waals surface area contributed by atoms with Crippen molar-refractivity contribution in [3.63, 3.8) is 0 Å². The number of para-hydroxylation sites is 1. The lowest BCUT2D eigenvalue weighted by atomic mass is 9.89. The molecule has 0 spiro atoms. The number of aromatic nitrogens is 2. The second-order valence-corrected chi connectivity index (χ2v) is 16.5. The molecule has 11 rings (SSSR count). The minimum atomic E-state index is 0.523. The summed E-state index contributed by atoms with van der Waals surface area (Å²) in [6, 6.07) is 49.8. The van der Waals surface area contributed by atoms with Crippen molar-refractivity contribution < 1.29 is 0 Å². The van der Waals surface area contributed by atoms with Crippen LogP contribution in [-0.4, -0.2) is 16.0 Å². The molecule has 3 heterocycles. The quantitative estimate of drug-likeness (QED) is 0.177. The molecule has 3 aliphatic rings. The first-order valence-electron chi connectivity index (χ1n) is 19.9. The maximum Gasteiger partial charge on any atom is 0.160 e. The normalized spacial score (nSPS) is 18.0. The molecule has 4 heteroatoms. The summed E-state index contributed by atoms with van der Waals surface area (Å²) in [6.45, 7) is 0. The van der Waals surface area contributed by atoms with Crippen LogP contribution in [0, 0.1) is 0 Å². The molecule has 1 saturated carbocycles. The predicted molar refractivity (Wildman–Crippen MR) is 233 cm³/mol. The van der Waals surface area contributed by atoms with Crippen LogP contribution in [0.1, 0.15) is 62.1 Å². The summed E-state index contributed by atoms with van der Waals surface area (Å²) < 4.78 is 2.66. The van der Waals surface area contributed by atoms with Crippen LogP contribution in [0.2, 0.25) is 0 Å². The van der Waals surface area contributed by atoms with Gasteiger partial charge in [0.2, 0.25) is 0 Å². The maximum atomic E-state index is 5.36. The number of allylic oxidation sites excluding steroid dienone is 4. The van der Waals surface area contributed by atoms with Crippen LogP contribution < -0.4 is 4.90 Å². The van der Waals surface area contributed by atoms with Crippen LogP contribution in [0.15, 0.2) is 152 Å². The smallest absolute Gasteiger partial charge is 0.160 e. The third-order valence-electron chi connectivity index (χ3n) is 12.2. The third-order valence-corrected chi connectivity index (χ3v) is 13.5. The fraction of sp³-hybridized carbons (Fsp3) is 0.176. The Balaban J connectivity index is 0.984. The molecule has 0 bridgehead atoms. The van der Waals surface area contributed by atoms with Crippen molar-refractivity contribution in [3.8, 4) is 33.6 Å². The van der Waals surface area contributed by atoms with Gasteiger partial charge in [0.05, 0.1) is 11.2 Å². The zero-order valence-corrected chi connectivity index (χ0v) is 31.6. The molecular weight excluding hydrogens is 687 g/mol. The summed E-state index contributed by atoms with van der Waals surface area (Å²) in [5.41, 5.74) is 13.5. The summed E-state index contributed by atoms with van der Waals surface area (Å²) in [7, 11) is 0. The lowest BCUT2D eigenvalue weighted by molar-refractivity contribution is 0.529. The Labute approximate surface area is 326 Å². The number of fused-ring (bicyclic) bond motifs is 7. The SMILES string of the molecule is C1=CCCC(c2nc(-c3ccc(-c4cccc5c4sc4ccccc45)cc3)nc3ccc(-c4ccc5c(c4)C4CCCCCC4N5c4ccccc4)cc23)=C1. The molecule has 1 aliphatic heterocycles. The van der Waals surface area contributed by atoms with Crippen molar-refractivity contribution in [1.29, 1.82) is 0 Å². The minimum absolute atomic E-state index is 0.523. The Kier molecular flexibility index (Phi) is 7.98. The lowest BCUT2D eigenvalue weighted by Gasteiger charge is -2.29. The van der Waals surface area contributed by atoms with Gasteiger partial charge < -0.3 is 4.90 Å². The highest BCUT2D eigenvalue weighted by Crippen LogP contribution is 2.51. The van der Waals surface area contributed by atoms with Gasteiger partial charge in [-0.25, -0.2) is 9.97 Å². The van der Waals surface area contributed by atoms with E-state index < -0.39 is 0 Å². The van der Waals surface area contributed by atoms with Gasteiger partial charge >= 0.3 is 0 Å². The largest absolute Gasteiger partial charge is 0.338 e. The molecule has 2 aromatic heterocycles. The van der Waals surface area contributed by atoms with E-state index in [4.69, 9.17) is 9.97 Å². The van der Waals surface area contributed by atoms with Gasteiger partial charge in [0.15, 0.2) is 5.82 Å². The molecular formula is C51H41N3S. The number of nitrogens with zero attached hydrogens (tertiary/aromatic N) is 3. The minimum Gasteiger partial charge on any atom is -0.338 e. The first-order valence-corrected chi connectivity index (χ1v) is 20.8. The first-order chi connectivity index (χ1) is 27.3. The number of hydrogen-bond donors (Lipinski definition) is 0. The Bertz CT molecular complexity index is 2810. The van der Waals surface area contributed by atoms with Gasteiger partial charge in [-0.15, -0.1) is 11.3 Å². The summed E-state index contributed by atoms with van der Waals surface area (Å²) in [6.07, 6.45) is 15.1. The van der Waals surface area contributed by atoms with Crippen LogP contribution in [0.5, 0.6) is 0 Å². The highest BCUT2D eigenvalue weighted by atomic mass is 32.1. The predicted octanol–water partition coefficient (Wildman–Crippen LogP) is 14.3. The molecule has 1 fully saturated rings. The van der Waals surface area contributed by atoms with Gasteiger partial charge in [-0.2, -0.15) is 0 Å². The lowest BCUT2D eigenvalue weighted by Crippen LogP contribution is -2.29. The third kappa shape index (κ3) is 5.62. The van der Waals surface area contributed by atoms with E-state index in [9.17, 15) is 0 Å². The molecule has 266 valence electrons. The standard InChI is InChI=1S/C51H41N3S/c1-4-13-34(14-5-1)49-44-32-36(37-28-30-47-43(31-37)40-17-8-3-9-21-46(40)54(47)38-15-6-2-7-16-38)27-29-45(44)52-51(53-49)35-25-23-33(24-26-35)39-19-12-20-42-41-18-10-11-22-48(41)55-50(39)42/h1-2,4,6-7,10-13,15-16,18-20,22-32,40,46H,3,5,8-9,14,17,21H2. The zero-order chi connectivity index (χ0) is 36.3. The van der Waals surface area contributed by atoms with E-state index in [-0.39, 0.29) is 0 Å². The van der Waals surface area contributed by atoms with Gasteiger partial charge in [-0.1, -0.05) is 128 Å². The highest BCUT2D eigenvalue weighted by molar-refractivity contribution is 7.26. The van der Waals surface area contributed by atoms with E-state index in [0.717, 1.165) is 40.8 Å². The number of benzene rings is 6.